The SMILES string of the molecule is CN(CCC(=O)c1cccs1)Cc1ccc(O)cc1. The van der Waals surface area contributed by atoms with Gasteiger partial charge in [-0.3, -0.25) is 4.79 Å². The number of phenols is 1. The Bertz CT molecular complexity index is 520. The Labute approximate surface area is 117 Å². The Morgan fingerprint density at radius 2 is 2.00 bits per heavy atom. The third-order valence-electron chi connectivity index (χ3n) is 2.91. The Morgan fingerprint density at radius 1 is 1.26 bits per heavy atom. The molecule has 0 spiro atoms. The summed E-state index contributed by atoms with van der Waals surface area (Å²) in [4.78, 5) is 14.8. The van der Waals surface area contributed by atoms with E-state index in [1.165, 1.54) is 11.3 Å². The molecule has 0 fully saturated rings. The summed E-state index contributed by atoms with van der Waals surface area (Å²) >= 11 is 1.49. The van der Waals surface area contributed by atoms with Crippen molar-refractivity contribution in [1.29, 1.82) is 0 Å². The van der Waals surface area contributed by atoms with Crippen LogP contribution < -0.4 is 0 Å². The predicted molar refractivity (Wildman–Crippen MR) is 77.7 cm³/mol. The van der Waals surface area contributed by atoms with Gasteiger partial charge in [-0.05, 0) is 36.2 Å². The number of ketones is 1. The third-order valence-corrected chi connectivity index (χ3v) is 3.82. The van der Waals surface area contributed by atoms with Crippen LogP contribution in [0.3, 0.4) is 0 Å². The number of hydrogen-bond acceptors (Lipinski definition) is 4. The molecule has 0 radical (unpaired) electrons. The molecule has 1 N–H and O–H groups in total. The number of benzene rings is 1. The van der Waals surface area contributed by atoms with Crippen molar-refractivity contribution in [2.75, 3.05) is 13.6 Å². The monoisotopic (exact) mass is 275 g/mol. The highest BCUT2D eigenvalue weighted by Gasteiger charge is 2.08. The van der Waals surface area contributed by atoms with Gasteiger partial charge in [0.25, 0.3) is 0 Å². The van der Waals surface area contributed by atoms with Crippen LogP contribution in [0.4, 0.5) is 0 Å². The quantitative estimate of drug-likeness (QED) is 0.823. The molecule has 0 amide bonds. The maximum Gasteiger partial charge on any atom is 0.174 e. The highest BCUT2D eigenvalue weighted by atomic mass is 32.1. The Balaban J connectivity index is 1.80. The maximum atomic E-state index is 11.9. The molecule has 0 atom stereocenters. The summed E-state index contributed by atoms with van der Waals surface area (Å²) in [6.45, 7) is 1.51. The molecule has 4 heteroatoms. The molecule has 0 saturated heterocycles. The lowest BCUT2D eigenvalue weighted by molar-refractivity contribution is 0.0972. The average molecular weight is 275 g/mol. The summed E-state index contributed by atoms with van der Waals surface area (Å²) in [5.41, 5.74) is 1.13. The standard InChI is InChI=1S/C15H17NO2S/c1-16(11-12-4-6-13(17)7-5-12)9-8-14(18)15-3-2-10-19-15/h2-7,10,17H,8-9,11H2,1H3. The number of aromatic hydroxyl groups is 1. The summed E-state index contributed by atoms with van der Waals surface area (Å²) in [6.07, 6.45) is 0.537. The average Bonchev–Trinajstić information content (AvgIpc) is 2.93. The smallest absolute Gasteiger partial charge is 0.174 e. The minimum Gasteiger partial charge on any atom is -0.508 e. The van der Waals surface area contributed by atoms with Crippen molar-refractivity contribution in [2.24, 2.45) is 0 Å². The van der Waals surface area contributed by atoms with Gasteiger partial charge in [-0.2, -0.15) is 0 Å². The number of thiophene rings is 1. The van der Waals surface area contributed by atoms with Crippen LogP contribution in [0.25, 0.3) is 0 Å². The fraction of sp³-hybridized carbons (Fsp3) is 0.267. The van der Waals surface area contributed by atoms with E-state index in [1.54, 1.807) is 12.1 Å². The Hall–Kier alpha value is -1.65. The van der Waals surface area contributed by atoms with Crippen LogP contribution in [0.1, 0.15) is 21.7 Å². The Kier molecular flexibility index (Phi) is 4.71. The van der Waals surface area contributed by atoms with Crippen molar-refractivity contribution in [1.82, 2.24) is 4.90 Å². The van der Waals surface area contributed by atoms with Gasteiger partial charge in [0.15, 0.2) is 5.78 Å². The number of phenolic OH excluding ortho intramolecular Hbond substituents is 1. The lowest BCUT2D eigenvalue weighted by atomic mass is 10.2. The van der Waals surface area contributed by atoms with Gasteiger partial charge in [0.1, 0.15) is 5.75 Å². The first kappa shape index (κ1) is 13.8. The number of rotatable bonds is 6. The minimum absolute atomic E-state index is 0.201. The lowest BCUT2D eigenvalue weighted by Gasteiger charge is -2.16. The molecule has 2 aromatic rings. The summed E-state index contributed by atoms with van der Waals surface area (Å²) in [6, 6.07) is 10.9. The number of carbonyl (C=O) groups is 1. The van der Waals surface area contributed by atoms with Crippen molar-refractivity contribution in [3.05, 3.63) is 52.2 Å². The normalized spacial score (nSPS) is 10.8. The van der Waals surface area contributed by atoms with Crippen LogP contribution in [0, 0.1) is 0 Å². The summed E-state index contributed by atoms with van der Waals surface area (Å²) < 4.78 is 0. The molecule has 0 aliphatic rings. The first-order valence-corrected chi connectivity index (χ1v) is 7.06. The number of hydrogen-bond donors (Lipinski definition) is 1. The van der Waals surface area contributed by atoms with Crippen molar-refractivity contribution in [3.63, 3.8) is 0 Å². The molecule has 3 nitrogen and oxygen atoms in total. The van der Waals surface area contributed by atoms with E-state index in [0.717, 1.165) is 23.5 Å². The molecular weight excluding hydrogens is 258 g/mol. The second-order valence-corrected chi connectivity index (χ2v) is 5.50. The summed E-state index contributed by atoms with van der Waals surface area (Å²) in [7, 11) is 1.99. The van der Waals surface area contributed by atoms with E-state index in [-0.39, 0.29) is 11.5 Å². The second kappa shape index (κ2) is 6.50. The molecule has 100 valence electrons. The largest absolute Gasteiger partial charge is 0.508 e. The molecule has 1 aromatic carbocycles. The number of Topliss-reactive ketones (excluding diaryl/α,β-unsaturated/α-hetero) is 1. The zero-order valence-electron chi connectivity index (χ0n) is 10.9. The molecule has 0 aliphatic carbocycles. The van der Waals surface area contributed by atoms with Gasteiger partial charge in [0.2, 0.25) is 0 Å². The molecule has 0 unspecified atom stereocenters. The van der Waals surface area contributed by atoms with Crippen LogP contribution in [0.2, 0.25) is 0 Å². The van der Waals surface area contributed by atoms with E-state index >= 15 is 0 Å². The van der Waals surface area contributed by atoms with Crippen LogP contribution in [-0.4, -0.2) is 29.4 Å². The maximum absolute atomic E-state index is 11.9. The zero-order valence-corrected chi connectivity index (χ0v) is 11.7. The van der Waals surface area contributed by atoms with Gasteiger partial charge >= 0.3 is 0 Å². The first-order valence-electron chi connectivity index (χ1n) is 6.18. The van der Waals surface area contributed by atoms with Crippen molar-refractivity contribution in [3.8, 4) is 5.75 Å². The van der Waals surface area contributed by atoms with E-state index in [4.69, 9.17) is 0 Å². The van der Waals surface area contributed by atoms with Gasteiger partial charge in [-0.25, -0.2) is 0 Å². The fourth-order valence-electron chi connectivity index (χ4n) is 1.84. The number of carbonyl (C=O) groups excluding carboxylic acids is 1. The molecule has 2 rings (SSSR count). The predicted octanol–water partition coefficient (Wildman–Crippen LogP) is 3.16. The van der Waals surface area contributed by atoms with E-state index in [9.17, 15) is 9.90 Å². The van der Waals surface area contributed by atoms with Crippen LogP contribution >= 0.6 is 11.3 Å². The second-order valence-electron chi connectivity index (χ2n) is 4.55. The topological polar surface area (TPSA) is 40.5 Å². The molecule has 1 aromatic heterocycles. The molecule has 19 heavy (non-hydrogen) atoms. The van der Waals surface area contributed by atoms with Gasteiger partial charge in [0.05, 0.1) is 4.88 Å². The minimum atomic E-state index is 0.201. The van der Waals surface area contributed by atoms with Crippen molar-refractivity contribution < 1.29 is 9.90 Å². The first-order chi connectivity index (χ1) is 9.15. The van der Waals surface area contributed by atoms with Gasteiger partial charge in [-0.15, -0.1) is 11.3 Å². The third kappa shape index (κ3) is 4.19. The van der Waals surface area contributed by atoms with Crippen LogP contribution in [0.5, 0.6) is 5.75 Å². The molecule has 1 heterocycles. The van der Waals surface area contributed by atoms with Gasteiger partial charge in [-0.1, -0.05) is 18.2 Å². The number of nitrogens with zero attached hydrogens (tertiary/aromatic N) is 1. The molecular formula is C15H17NO2S. The highest BCUT2D eigenvalue weighted by Crippen LogP contribution is 2.13. The van der Waals surface area contributed by atoms with Gasteiger partial charge < -0.3 is 10.0 Å². The van der Waals surface area contributed by atoms with Crippen LogP contribution in [0.15, 0.2) is 41.8 Å². The molecule has 0 saturated carbocycles. The van der Waals surface area contributed by atoms with Crippen molar-refractivity contribution >= 4 is 17.1 Å². The molecule has 0 aliphatic heterocycles. The van der Waals surface area contributed by atoms with E-state index in [2.05, 4.69) is 4.90 Å². The summed E-state index contributed by atoms with van der Waals surface area (Å²) in [5.74, 6) is 0.479. The van der Waals surface area contributed by atoms with E-state index in [1.807, 2.05) is 36.7 Å². The van der Waals surface area contributed by atoms with Crippen LogP contribution in [-0.2, 0) is 6.54 Å². The van der Waals surface area contributed by atoms with Crippen molar-refractivity contribution in [2.45, 2.75) is 13.0 Å². The zero-order chi connectivity index (χ0) is 13.7. The van der Waals surface area contributed by atoms with E-state index in [0.29, 0.717) is 6.42 Å². The Morgan fingerprint density at radius 3 is 2.63 bits per heavy atom. The van der Waals surface area contributed by atoms with Gasteiger partial charge in [0, 0.05) is 19.5 Å². The van der Waals surface area contributed by atoms with E-state index < -0.39 is 0 Å². The molecule has 0 bridgehead atoms. The summed E-state index contributed by atoms with van der Waals surface area (Å²) in [5, 5.41) is 11.1. The highest BCUT2D eigenvalue weighted by molar-refractivity contribution is 7.12. The fourth-order valence-corrected chi connectivity index (χ4v) is 2.54. The lowest BCUT2D eigenvalue weighted by Crippen LogP contribution is -2.21.